The van der Waals surface area contributed by atoms with Crippen LogP contribution in [0, 0.1) is 0 Å². The summed E-state index contributed by atoms with van der Waals surface area (Å²) < 4.78 is 46.7. The average Bonchev–Trinajstić information content (AvgIpc) is 3.50. The third-order valence-electron chi connectivity index (χ3n) is 6.70. The fourth-order valence-electron chi connectivity index (χ4n) is 4.81. The zero-order valence-electron chi connectivity index (χ0n) is 18.7. The molecule has 3 heterocycles. The van der Waals surface area contributed by atoms with Crippen LogP contribution in [0.25, 0.3) is 11.5 Å². The van der Waals surface area contributed by atoms with E-state index in [0.717, 1.165) is 48.7 Å². The van der Waals surface area contributed by atoms with Crippen LogP contribution in [0.3, 0.4) is 0 Å². The Labute approximate surface area is 194 Å². The summed E-state index contributed by atoms with van der Waals surface area (Å²) in [4.78, 5) is 23.6. The van der Waals surface area contributed by atoms with E-state index in [4.69, 9.17) is 9.72 Å². The number of imidazole rings is 1. The number of aromatic amines is 1. The molecule has 1 N–H and O–H groups in total. The minimum atomic E-state index is -4.49. The van der Waals surface area contributed by atoms with Crippen LogP contribution in [-0.4, -0.2) is 55.2 Å². The lowest BCUT2D eigenvalue weighted by molar-refractivity contribution is -0.137. The molecule has 0 spiro atoms. The zero-order chi connectivity index (χ0) is 23.9. The highest BCUT2D eigenvalue weighted by molar-refractivity contribution is 5.94. The standard InChI is InChI=1S/C23H25F3N6O2/c1-31(22(33)15-5-2-6-16(10-15)23(24,25)26)17-7-3-4-14(11-17)20-28-21(30-29-20)18-12-27-19-13-34-9-8-32(18)19/h2,5-6,10,12,14,17H,3-4,7-9,11,13H2,1H3,(H,28,29,30)/t14-,17+/m0/s1. The van der Waals surface area contributed by atoms with Crippen molar-refractivity contribution in [1.82, 2.24) is 29.6 Å². The summed E-state index contributed by atoms with van der Waals surface area (Å²) in [6.07, 6.45) is 0.488. The molecule has 2 aromatic heterocycles. The number of alkyl halides is 3. The van der Waals surface area contributed by atoms with Crippen molar-refractivity contribution in [2.75, 3.05) is 13.7 Å². The Morgan fingerprint density at radius 1 is 1.29 bits per heavy atom. The predicted octanol–water partition coefficient (Wildman–Crippen LogP) is 4.02. The minimum absolute atomic E-state index is 0.0379. The number of halogens is 3. The summed E-state index contributed by atoms with van der Waals surface area (Å²) in [5.74, 6) is 1.83. The monoisotopic (exact) mass is 474 g/mol. The van der Waals surface area contributed by atoms with E-state index in [1.54, 1.807) is 18.1 Å². The Balaban J connectivity index is 1.30. The number of hydrogen-bond donors (Lipinski definition) is 1. The third kappa shape index (κ3) is 4.31. The summed E-state index contributed by atoms with van der Waals surface area (Å²) in [6.45, 7) is 1.78. The lowest BCUT2D eigenvalue weighted by atomic mass is 9.84. The molecule has 5 rings (SSSR count). The van der Waals surface area contributed by atoms with Crippen LogP contribution in [0.15, 0.2) is 30.5 Å². The number of fused-ring (bicyclic) bond motifs is 1. The molecule has 2 aliphatic rings. The van der Waals surface area contributed by atoms with Gasteiger partial charge in [0.05, 0.1) is 18.4 Å². The van der Waals surface area contributed by atoms with E-state index >= 15 is 0 Å². The summed E-state index contributed by atoms with van der Waals surface area (Å²) >= 11 is 0. The van der Waals surface area contributed by atoms with E-state index in [1.165, 1.54) is 12.1 Å². The van der Waals surface area contributed by atoms with Crippen LogP contribution < -0.4 is 0 Å². The summed E-state index contributed by atoms with van der Waals surface area (Å²) in [5.41, 5.74) is 0.0528. The number of aromatic nitrogens is 5. The highest BCUT2D eigenvalue weighted by atomic mass is 19.4. The Morgan fingerprint density at radius 2 is 2.15 bits per heavy atom. The molecule has 8 nitrogen and oxygen atoms in total. The van der Waals surface area contributed by atoms with Gasteiger partial charge in [-0.25, -0.2) is 9.97 Å². The maximum atomic E-state index is 13.1. The van der Waals surface area contributed by atoms with E-state index in [1.807, 2.05) is 0 Å². The molecular weight excluding hydrogens is 449 g/mol. The molecule has 180 valence electrons. The smallest absolute Gasteiger partial charge is 0.372 e. The first-order valence-electron chi connectivity index (χ1n) is 11.3. The van der Waals surface area contributed by atoms with E-state index in [0.29, 0.717) is 32.0 Å². The Kier molecular flexibility index (Phi) is 5.88. The topological polar surface area (TPSA) is 88.9 Å². The van der Waals surface area contributed by atoms with Gasteiger partial charge in [0.1, 0.15) is 23.9 Å². The van der Waals surface area contributed by atoms with Gasteiger partial charge in [0.2, 0.25) is 0 Å². The minimum Gasteiger partial charge on any atom is -0.372 e. The normalized spacial score (nSPS) is 20.7. The number of carbonyl (C=O) groups is 1. The SMILES string of the molecule is CN(C(=O)c1cccc(C(F)(F)F)c1)[C@@H]1CCC[C@H](c2nc(-c3cnc4n3CCOC4)n[nH]2)C1. The lowest BCUT2D eigenvalue weighted by Crippen LogP contribution is -2.40. The van der Waals surface area contributed by atoms with Gasteiger partial charge in [0.25, 0.3) is 5.91 Å². The second-order valence-electron chi connectivity index (χ2n) is 8.82. The first-order chi connectivity index (χ1) is 16.3. The van der Waals surface area contributed by atoms with Crippen LogP contribution in [0.1, 0.15) is 59.2 Å². The molecule has 1 amide bonds. The molecule has 1 aliphatic carbocycles. The van der Waals surface area contributed by atoms with Crippen LogP contribution in [0.4, 0.5) is 13.2 Å². The molecule has 1 saturated carbocycles. The van der Waals surface area contributed by atoms with Gasteiger partial charge in [-0.3, -0.25) is 9.89 Å². The van der Waals surface area contributed by atoms with Gasteiger partial charge < -0.3 is 14.2 Å². The van der Waals surface area contributed by atoms with Gasteiger partial charge in [0.15, 0.2) is 5.82 Å². The molecule has 0 radical (unpaired) electrons. The molecule has 11 heteroatoms. The molecule has 0 bridgehead atoms. The first kappa shape index (κ1) is 22.6. The predicted molar refractivity (Wildman–Crippen MR) is 116 cm³/mol. The molecule has 1 aromatic carbocycles. The number of ether oxygens (including phenoxy) is 1. The van der Waals surface area contributed by atoms with Crippen molar-refractivity contribution in [2.24, 2.45) is 0 Å². The number of amides is 1. The van der Waals surface area contributed by atoms with Crippen molar-refractivity contribution in [3.05, 3.63) is 53.2 Å². The fourth-order valence-corrected chi connectivity index (χ4v) is 4.81. The van der Waals surface area contributed by atoms with E-state index < -0.39 is 17.6 Å². The largest absolute Gasteiger partial charge is 0.416 e. The molecule has 34 heavy (non-hydrogen) atoms. The second-order valence-corrected chi connectivity index (χ2v) is 8.82. The molecule has 2 atom stereocenters. The van der Waals surface area contributed by atoms with E-state index in [-0.39, 0.29) is 17.5 Å². The highest BCUT2D eigenvalue weighted by Crippen LogP contribution is 2.35. The van der Waals surface area contributed by atoms with Crippen LogP contribution in [0.2, 0.25) is 0 Å². The maximum absolute atomic E-state index is 13.1. The van der Waals surface area contributed by atoms with Crippen molar-refractivity contribution < 1.29 is 22.7 Å². The van der Waals surface area contributed by atoms with Gasteiger partial charge in [-0.2, -0.15) is 18.3 Å². The van der Waals surface area contributed by atoms with Gasteiger partial charge >= 0.3 is 6.18 Å². The number of benzene rings is 1. The van der Waals surface area contributed by atoms with Crippen molar-refractivity contribution in [3.8, 4) is 11.5 Å². The second kappa shape index (κ2) is 8.86. The van der Waals surface area contributed by atoms with Crippen molar-refractivity contribution in [3.63, 3.8) is 0 Å². The van der Waals surface area contributed by atoms with Crippen LogP contribution in [-0.2, 0) is 24.1 Å². The summed E-state index contributed by atoms with van der Waals surface area (Å²) in [5, 5.41) is 7.46. The quantitative estimate of drug-likeness (QED) is 0.617. The maximum Gasteiger partial charge on any atom is 0.416 e. The Morgan fingerprint density at radius 3 is 2.97 bits per heavy atom. The fraction of sp³-hybridized carbons (Fsp3) is 0.478. The van der Waals surface area contributed by atoms with Crippen LogP contribution in [0.5, 0.6) is 0 Å². The van der Waals surface area contributed by atoms with Gasteiger partial charge in [-0.05, 0) is 37.5 Å². The number of nitrogens with one attached hydrogen (secondary N) is 1. The third-order valence-corrected chi connectivity index (χ3v) is 6.70. The number of carbonyl (C=O) groups excluding carboxylic acids is 1. The van der Waals surface area contributed by atoms with Crippen molar-refractivity contribution in [1.29, 1.82) is 0 Å². The van der Waals surface area contributed by atoms with Gasteiger partial charge in [-0.1, -0.05) is 12.5 Å². The molecule has 1 aliphatic heterocycles. The molecule has 0 unspecified atom stereocenters. The molecule has 1 fully saturated rings. The van der Waals surface area contributed by atoms with Gasteiger partial charge in [0, 0.05) is 31.1 Å². The lowest BCUT2D eigenvalue weighted by Gasteiger charge is -2.34. The average molecular weight is 474 g/mol. The summed E-state index contributed by atoms with van der Waals surface area (Å²) in [7, 11) is 1.65. The molecule has 0 saturated heterocycles. The Bertz CT molecular complexity index is 1190. The van der Waals surface area contributed by atoms with E-state index in [2.05, 4.69) is 19.7 Å². The number of rotatable bonds is 4. The van der Waals surface area contributed by atoms with E-state index in [9.17, 15) is 18.0 Å². The number of hydrogen-bond acceptors (Lipinski definition) is 5. The molecule has 3 aromatic rings. The zero-order valence-corrected chi connectivity index (χ0v) is 18.7. The van der Waals surface area contributed by atoms with Crippen LogP contribution >= 0.6 is 0 Å². The van der Waals surface area contributed by atoms with Gasteiger partial charge in [-0.15, -0.1) is 0 Å². The number of nitrogens with zero attached hydrogens (tertiary/aromatic N) is 5. The molecular formula is C23H25F3N6O2. The first-order valence-corrected chi connectivity index (χ1v) is 11.3. The summed E-state index contributed by atoms with van der Waals surface area (Å²) in [6, 6.07) is 4.48. The number of H-pyrrole nitrogens is 1. The highest BCUT2D eigenvalue weighted by Gasteiger charge is 2.33. The van der Waals surface area contributed by atoms with Crippen molar-refractivity contribution >= 4 is 5.91 Å². The Hall–Kier alpha value is -3.21. The van der Waals surface area contributed by atoms with Crippen molar-refractivity contribution in [2.45, 2.75) is 57.0 Å².